The molecule has 0 fully saturated rings. The Labute approximate surface area is 112 Å². The second-order valence-electron chi connectivity index (χ2n) is 4.87. The molecule has 0 aromatic heterocycles. The van der Waals surface area contributed by atoms with Crippen molar-refractivity contribution in [2.45, 2.75) is 47.1 Å². The van der Waals surface area contributed by atoms with Crippen molar-refractivity contribution in [2.75, 3.05) is 24.5 Å². The van der Waals surface area contributed by atoms with Gasteiger partial charge < -0.3 is 10.2 Å². The Hall–Kier alpha value is -1.02. The molecule has 1 N–H and O–H groups in total. The highest BCUT2D eigenvalue weighted by Gasteiger charge is 2.05. The monoisotopic (exact) mass is 248 g/mol. The van der Waals surface area contributed by atoms with E-state index in [0.29, 0.717) is 0 Å². The highest BCUT2D eigenvalue weighted by atomic mass is 15.1. The van der Waals surface area contributed by atoms with Gasteiger partial charge in [-0.25, -0.2) is 0 Å². The zero-order valence-electron chi connectivity index (χ0n) is 12.4. The van der Waals surface area contributed by atoms with Gasteiger partial charge in [0.25, 0.3) is 0 Å². The lowest BCUT2D eigenvalue weighted by Crippen LogP contribution is -2.23. The van der Waals surface area contributed by atoms with E-state index in [1.54, 1.807) is 0 Å². The van der Waals surface area contributed by atoms with Crippen molar-refractivity contribution < 1.29 is 0 Å². The van der Waals surface area contributed by atoms with Gasteiger partial charge in [0.05, 0.1) is 0 Å². The first-order valence-electron chi connectivity index (χ1n) is 7.28. The lowest BCUT2D eigenvalue weighted by Gasteiger charge is -2.23. The zero-order chi connectivity index (χ0) is 13.4. The molecule has 0 unspecified atom stereocenters. The van der Waals surface area contributed by atoms with Gasteiger partial charge in [-0.05, 0) is 56.5 Å². The summed E-state index contributed by atoms with van der Waals surface area (Å²) in [5.41, 5.74) is 4.17. The summed E-state index contributed by atoms with van der Waals surface area (Å²) in [5.74, 6) is 0. The molecule has 0 heterocycles. The fourth-order valence-corrected chi connectivity index (χ4v) is 2.21. The van der Waals surface area contributed by atoms with Crippen LogP contribution in [0.15, 0.2) is 18.2 Å². The molecule has 18 heavy (non-hydrogen) atoms. The van der Waals surface area contributed by atoms with Crippen molar-refractivity contribution in [1.29, 1.82) is 0 Å². The maximum absolute atomic E-state index is 3.47. The molecule has 0 aliphatic rings. The summed E-state index contributed by atoms with van der Waals surface area (Å²) < 4.78 is 0. The van der Waals surface area contributed by atoms with E-state index in [1.165, 1.54) is 29.7 Å². The number of hydrogen-bond donors (Lipinski definition) is 1. The molecule has 102 valence electrons. The van der Waals surface area contributed by atoms with Crippen LogP contribution in [0.4, 0.5) is 5.69 Å². The number of aryl methyl sites for hydroxylation is 1. The van der Waals surface area contributed by atoms with Gasteiger partial charge in [-0.15, -0.1) is 0 Å². The van der Waals surface area contributed by atoms with Gasteiger partial charge in [0.15, 0.2) is 0 Å². The van der Waals surface area contributed by atoms with E-state index in [4.69, 9.17) is 0 Å². The van der Waals surface area contributed by atoms with Crippen LogP contribution in [0, 0.1) is 6.92 Å². The van der Waals surface area contributed by atoms with Crippen molar-refractivity contribution in [3.05, 3.63) is 29.3 Å². The molecule has 2 heteroatoms. The summed E-state index contributed by atoms with van der Waals surface area (Å²) in [6.45, 7) is 13.2. The van der Waals surface area contributed by atoms with Gasteiger partial charge in [-0.3, -0.25) is 0 Å². The normalized spacial score (nSPS) is 10.7. The van der Waals surface area contributed by atoms with E-state index in [9.17, 15) is 0 Å². The van der Waals surface area contributed by atoms with Crippen LogP contribution in [-0.2, 0) is 6.54 Å². The van der Waals surface area contributed by atoms with Crippen LogP contribution in [-0.4, -0.2) is 19.6 Å². The quantitative estimate of drug-likeness (QED) is 0.705. The predicted molar refractivity (Wildman–Crippen MR) is 81.4 cm³/mol. The van der Waals surface area contributed by atoms with Gasteiger partial charge in [-0.1, -0.05) is 19.9 Å². The van der Waals surface area contributed by atoms with Crippen LogP contribution >= 0.6 is 0 Å². The molecule has 2 nitrogen and oxygen atoms in total. The van der Waals surface area contributed by atoms with E-state index >= 15 is 0 Å². The van der Waals surface area contributed by atoms with Crippen LogP contribution < -0.4 is 10.2 Å². The Morgan fingerprint density at radius 1 is 1.11 bits per heavy atom. The number of benzene rings is 1. The Balaban J connectivity index is 2.71. The van der Waals surface area contributed by atoms with Crippen LogP contribution in [0.2, 0.25) is 0 Å². The second kappa shape index (κ2) is 8.15. The number of rotatable bonds is 8. The summed E-state index contributed by atoms with van der Waals surface area (Å²) in [6, 6.07) is 6.85. The van der Waals surface area contributed by atoms with Crippen molar-refractivity contribution in [3.8, 4) is 0 Å². The van der Waals surface area contributed by atoms with Crippen molar-refractivity contribution >= 4 is 5.69 Å². The molecule has 0 amide bonds. The summed E-state index contributed by atoms with van der Waals surface area (Å²) in [4.78, 5) is 2.44. The van der Waals surface area contributed by atoms with E-state index < -0.39 is 0 Å². The lowest BCUT2D eigenvalue weighted by atomic mass is 10.1. The molecule has 0 radical (unpaired) electrons. The van der Waals surface area contributed by atoms with Gasteiger partial charge in [0, 0.05) is 25.3 Å². The van der Waals surface area contributed by atoms with Gasteiger partial charge in [0.2, 0.25) is 0 Å². The van der Waals surface area contributed by atoms with Crippen molar-refractivity contribution in [3.63, 3.8) is 0 Å². The van der Waals surface area contributed by atoms with Gasteiger partial charge in [-0.2, -0.15) is 0 Å². The molecule has 1 rings (SSSR count). The van der Waals surface area contributed by atoms with Crippen LogP contribution in [0.25, 0.3) is 0 Å². The van der Waals surface area contributed by atoms with Gasteiger partial charge in [0.1, 0.15) is 0 Å². The molecule has 0 spiro atoms. The lowest BCUT2D eigenvalue weighted by molar-refractivity contribution is 0.673. The van der Waals surface area contributed by atoms with Crippen LogP contribution in [0.3, 0.4) is 0 Å². The van der Waals surface area contributed by atoms with Gasteiger partial charge >= 0.3 is 0 Å². The highest BCUT2D eigenvalue weighted by molar-refractivity contribution is 5.50. The molecule has 0 aliphatic heterocycles. The average molecular weight is 248 g/mol. The first-order chi connectivity index (χ1) is 8.72. The largest absolute Gasteiger partial charge is 0.372 e. The molecule has 1 aromatic rings. The minimum atomic E-state index is 0.986. The van der Waals surface area contributed by atoms with E-state index in [0.717, 1.165) is 26.2 Å². The third-order valence-corrected chi connectivity index (χ3v) is 3.31. The Bertz CT molecular complexity index is 347. The molecular weight excluding hydrogens is 220 g/mol. The number of nitrogens with zero attached hydrogens (tertiary/aromatic N) is 1. The van der Waals surface area contributed by atoms with Crippen molar-refractivity contribution in [1.82, 2.24) is 5.32 Å². The minimum absolute atomic E-state index is 0.986. The summed E-state index contributed by atoms with van der Waals surface area (Å²) in [5, 5.41) is 3.47. The predicted octanol–water partition coefficient (Wildman–Crippen LogP) is 3.73. The maximum Gasteiger partial charge on any atom is 0.0368 e. The molecular formula is C16H28N2. The molecule has 0 aliphatic carbocycles. The highest BCUT2D eigenvalue weighted by Crippen LogP contribution is 2.19. The maximum atomic E-state index is 3.47. The summed E-state index contributed by atoms with van der Waals surface area (Å²) in [6.07, 6.45) is 2.39. The average Bonchev–Trinajstić information content (AvgIpc) is 2.38. The zero-order valence-corrected chi connectivity index (χ0v) is 12.4. The van der Waals surface area contributed by atoms with E-state index in [-0.39, 0.29) is 0 Å². The standard InChI is InChI=1S/C16H28N2/c1-5-10-17-13-15-8-9-16(12-14(15)4)18(7-3)11-6-2/h8-9,12,17H,5-7,10-11,13H2,1-4H3. The van der Waals surface area contributed by atoms with E-state index in [2.05, 4.69) is 56.1 Å². The fraction of sp³-hybridized carbons (Fsp3) is 0.625. The minimum Gasteiger partial charge on any atom is -0.372 e. The summed E-state index contributed by atoms with van der Waals surface area (Å²) in [7, 11) is 0. The third-order valence-electron chi connectivity index (χ3n) is 3.31. The smallest absolute Gasteiger partial charge is 0.0368 e. The van der Waals surface area contributed by atoms with E-state index in [1.807, 2.05) is 0 Å². The first kappa shape index (κ1) is 15.0. The molecule has 0 bridgehead atoms. The second-order valence-corrected chi connectivity index (χ2v) is 4.87. The van der Waals surface area contributed by atoms with Crippen molar-refractivity contribution in [2.24, 2.45) is 0 Å². The van der Waals surface area contributed by atoms with Crippen LogP contribution in [0.5, 0.6) is 0 Å². The fourth-order valence-electron chi connectivity index (χ4n) is 2.21. The Kier molecular flexibility index (Phi) is 6.81. The molecule has 0 saturated carbocycles. The SMILES string of the molecule is CCCNCc1ccc(N(CC)CCC)cc1C. The molecule has 0 saturated heterocycles. The number of anilines is 1. The van der Waals surface area contributed by atoms with Crippen LogP contribution in [0.1, 0.15) is 44.7 Å². The Morgan fingerprint density at radius 2 is 1.89 bits per heavy atom. The molecule has 0 atom stereocenters. The topological polar surface area (TPSA) is 15.3 Å². The number of nitrogens with one attached hydrogen (secondary N) is 1. The Morgan fingerprint density at radius 3 is 2.44 bits per heavy atom. The number of hydrogen-bond acceptors (Lipinski definition) is 2. The summed E-state index contributed by atoms with van der Waals surface area (Å²) >= 11 is 0. The first-order valence-corrected chi connectivity index (χ1v) is 7.28. The third kappa shape index (κ3) is 4.34. The molecule has 1 aromatic carbocycles.